The Kier molecular flexibility index (Phi) is 8.17. The van der Waals surface area contributed by atoms with E-state index in [9.17, 15) is 0 Å². The zero-order chi connectivity index (χ0) is 22.7. The fraction of sp³-hybridized carbons (Fsp3) is 1.00. The van der Waals surface area contributed by atoms with E-state index in [0.29, 0.717) is 0 Å². The molecule has 0 aromatic heterocycles. The first-order valence-corrected chi connectivity index (χ1v) is 15.9. The molecule has 0 aromatic carbocycles. The number of nitrogens with zero attached hydrogens (tertiary/aromatic N) is 2. The summed E-state index contributed by atoms with van der Waals surface area (Å²) in [6, 6.07) is 0.733. The molecule has 0 radical (unpaired) electrons. The average molecular weight is 471 g/mol. The molecule has 7 fully saturated rings. The second-order valence-corrected chi connectivity index (χ2v) is 13.5. The molecule has 7 atom stereocenters. The van der Waals surface area contributed by atoms with Gasteiger partial charge < -0.3 is 0 Å². The van der Waals surface area contributed by atoms with Crippen molar-refractivity contribution in [2.45, 2.75) is 128 Å². The minimum absolute atomic E-state index is 0.733. The molecule has 7 unspecified atom stereocenters. The van der Waals surface area contributed by atoms with Gasteiger partial charge in [0.05, 0.1) is 0 Å². The molecule has 34 heavy (non-hydrogen) atoms. The molecular weight excluding hydrogens is 416 g/mol. The molecule has 2 N–H and O–H groups in total. The zero-order valence-corrected chi connectivity index (χ0v) is 22.1. The number of hydrazine groups is 3. The Morgan fingerprint density at radius 2 is 1.18 bits per heavy atom. The van der Waals surface area contributed by atoms with E-state index in [0.717, 1.165) is 47.5 Å². The van der Waals surface area contributed by atoms with Crippen molar-refractivity contribution in [2.75, 3.05) is 19.6 Å². The van der Waals surface area contributed by atoms with Crippen LogP contribution in [0.15, 0.2) is 0 Å². The summed E-state index contributed by atoms with van der Waals surface area (Å²) in [4.78, 5) is 0. The molecule has 4 aliphatic heterocycles. The van der Waals surface area contributed by atoms with Crippen molar-refractivity contribution in [3.63, 3.8) is 0 Å². The summed E-state index contributed by atoms with van der Waals surface area (Å²) in [7, 11) is 0. The van der Waals surface area contributed by atoms with Gasteiger partial charge in [-0.3, -0.25) is 0 Å². The Labute approximate surface area is 210 Å². The average Bonchev–Trinajstić information content (AvgIpc) is 3.33. The molecule has 4 heteroatoms. The highest BCUT2D eigenvalue weighted by Gasteiger charge is 2.46. The van der Waals surface area contributed by atoms with E-state index in [2.05, 4.69) is 21.1 Å². The number of hydrogen-bond donors (Lipinski definition) is 2. The van der Waals surface area contributed by atoms with Crippen LogP contribution in [0, 0.1) is 41.4 Å². The maximum absolute atomic E-state index is 3.64. The van der Waals surface area contributed by atoms with Crippen molar-refractivity contribution >= 4 is 0 Å². The van der Waals surface area contributed by atoms with Crippen molar-refractivity contribution in [1.29, 1.82) is 0 Å². The van der Waals surface area contributed by atoms with E-state index in [1.54, 1.807) is 32.1 Å². The first-order valence-electron chi connectivity index (χ1n) is 15.9. The standard InChI is InChI=1S/C30H54N4/c1-2-4-9-23-15-17-33(18-16-23)34-30-21-27(20-28(30)22-31-32-34)25-12-8-13-26(19-25)29-14-7-6-11-24(29)10-5-3-1/h23-32H,1-22H2. The summed E-state index contributed by atoms with van der Waals surface area (Å²) in [5.41, 5.74) is 7.24. The Bertz CT molecular complexity index is 631. The van der Waals surface area contributed by atoms with E-state index in [4.69, 9.17) is 0 Å². The quantitative estimate of drug-likeness (QED) is 0.413. The molecule has 194 valence electrons. The monoisotopic (exact) mass is 470 g/mol. The number of hydrogen-bond acceptors (Lipinski definition) is 4. The van der Waals surface area contributed by atoms with Crippen LogP contribution in [-0.4, -0.2) is 35.8 Å². The largest absolute Gasteiger partial charge is 0.243 e. The van der Waals surface area contributed by atoms with Crippen LogP contribution in [0.25, 0.3) is 0 Å². The number of piperidine rings is 1. The molecule has 0 amide bonds. The van der Waals surface area contributed by atoms with Gasteiger partial charge in [0.25, 0.3) is 0 Å². The second-order valence-electron chi connectivity index (χ2n) is 13.5. The molecule has 4 nitrogen and oxygen atoms in total. The second kappa shape index (κ2) is 11.5. The lowest BCUT2D eigenvalue weighted by atomic mass is 9.63. The highest BCUT2D eigenvalue weighted by atomic mass is 15.9. The number of rotatable bonds is 0. The summed E-state index contributed by atoms with van der Waals surface area (Å²) >= 11 is 0. The number of fused-ring (bicyclic) bond motifs is 8. The SMILES string of the molecule is C1CCCC2CCN(CC2)N2NNCC3CC(CC32)C2CCCC(C2)C2CCCCC2CCC1. The van der Waals surface area contributed by atoms with Crippen LogP contribution in [0.2, 0.25) is 0 Å². The third-order valence-corrected chi connectivity index (χ3v) is 11.6. The zero-order valence-electron chi connectivity index (χ0n) is 22.1. The fourth-order valence-corrected chi connectivity index (χ4v) is 9.76. The van der Waals surface area contributed by atoms with Crippen molar-refractivity contribution in [1.82, 2.24) is 21.1 Å². The lowest BCUT2D eigenvalue weighted by Gasteiger charge is -2.47. The minimum Gasteiger partial charge on any atom is -0.243 e. The van der Waals surface area contributed by atoms with Gasteiger partial charge in [0, 0.05) is 25.7 Å². The van der Waals surface area contributed by atoms with Crippen molar-refractivity contribution in [3.8, 4) is 0 Å². The molecular formula is C30H54N4. The van der Waals surface area contributed by atoms with Crippen molar-refractivity contribution in [3.05, 3.63) is 0 Å². The van der Waals surface area contributed by atoms with E-state index in [-0.39, 0.29) is 0 Å². The molecule has 0 spiro atoms. The molecule has 6 bridgehead atoms. The molecule has 3 aliphatic carbocycles. The summed E-state index contributed by atoms with van der Waals surface area (Å²) < 4.78 is 0. The van der Waals surface area contributed by atoms with Gasteiger partial charge in [-0.15, -0.1) is 0 Å². The molecule has 3 saturated carbocycles. The van der Waals surface area contributed by atoms with Gasteiger partial charge in [-0.05, 0) is 80.0 Å². The topological polar surface area (TPSA) is 30.5 Å². The summed E-state index contributed by atoms with van der Waals surface area (Å²) in [6.07, 6.45) is 28.7. The van der Waals surface area contributed by atoms with Gasteiger partial charge in [0.1, 0.15) is 0 Å². The van der Waals surface area contributed by atoms with Crippen molar-refractivity contribution < 1.29 is 0 Å². The van der Waals surface area contributed by atoms with Gasteiger partial charge in [-0.1, -0.05) is 83.5 Å². The predicted octanol–water partition coefficient (Wildman–Crippen LogP) is 6.69. The molecule has 4 saturated heterocycles. The number of nitrogens with one attached hydrogen (secondary N) is 2. The third kappa shape index (κ3) is 5.41. The van der Waals surface area contributed by atoms with Crippen LogP contribution in [0.1, 0.15) is 122 Å². The van der Waals surface area contributed by atoms with E-state index in [1.807, 2.05) is 0 Å². The van der Waals surface area contributed by atoms with Crippen LogP contribution >= 0.6 is 0 Å². The maximum atomic E-state index is 3.64. The van der Waals surface area contributed by atoms with Gasteiger partial charge in [-0.25, -0.2) is 10.4 Å². The Hall–Kier alpha value is -0.160. The molecule has 0 aromatic rings. The van der Waals surface area contributed by atoms with Crippen LogP contribution in [0.3, 0.4) is 0 Å². The van der Waals surface area contributed by atoms with Gasteiger partial charge >= 0.3 is 0 Å². The van der Waals surface area contributed by atoms with Gasteiger partial charge in [-0.2, -0.15) is 10.7 Å². The van der Waals surface area contributed by atoms with Crippen LogP contribution in [0.4, 0.5) is 0 Å². The molecule has 4 heterocycles. The highest BCUT2D eigenvalue weighted by Crippen LogP contribution is 2.50. The van der Waals surface area contributed by atoms with Crippen LogP contribution < -0.4 is 11.0 Å². The van der Waals surface area contributed by atoms with E-state index >= 15 is 0 Å². The van der Waals surface area contributed by atoms with Crippen LogP contribution in [-0.2, 0) is 0 Å². The smallest absolute Gasteiger partial charge is 0.0459 e. The summed E-state index contributed by atoms with van der Waals surface area (Å²) in [6.45, 7) is 3.71. The van der Waals surface area contributed by atoms with Crippen LogP contribution in [0.5, 0.6) is 0 Å². The minimum atomic E-state index is 0.733. The Morgan fingerprint density at radius 1 is 0.500 bits per heavy atom. The first kappa shape index (κ1) is 24.2. The van der Waals surface area contributed by atoms with E-state index < -0.39 is 0 Å². The van der Waals surface area contributed by atoms with Gasteiger partial charge in [0.2, 0.25) is 0 Å². The predicted molar refractivity (Wildman–Crippen MR) is 140 cm³/mol. The fourth-order valence-electron chi connectivity index (χ4n) is 9.76. The highest BCUT2D eigenvalue weighted by molar-refractivity contribution is 4.96. The van der Waals surface area contributed by atoms with Crippen molar-refractivity contribution in [2.24, 2.45) is 41.4 Å². The molecule has 7 rings (SSSR count). The lowest BCUT2D eigenvalue weighted by Crippen LogP contribution is -2.67. The first-order chi connectivity index (χ1) is 16.8. The summed E-state index contributed by atoms with van der Waals surface area (Å²) in [5.74, 6) is 7.03. The van der Waals surface area contributed by atoms with Gasteiger partial charge in [0.15, 0.2) is 0 Å². The maximum Gasteiger partial charge on any atom is 0.0459 e. The lowest BCUT2D eigenvalue weighted by molar-refractivity contribution is -0.158. The Balaban J connectivity index is 1.17. The normalized spacial score (nSPS) is 47.1. The Morgan fingerprint density at radius 3 is 2.06 bits per heavy atom. The molecule has 7 aliphatic rings. The summed E-state index contributed by atoms with van der Waals surface area (Å²) in [5, 5.41) is 5.29. The third-order valence-electron chi connectivity index (χ3n) is 11.6. The van der Waals surface area contributed by atoms with E-state index in [1.165, 1.54) is 110 Å².